The lowest BCUT2D eigenvalue weighted by atomic mass is 10.0. The highest BCUT2D eigenvalue weighted by molar-refractivity contribution is 5.95. The number of nitrogens with one attached hydrogen (secondary N) is 2. The Balaban J connectivity index is 1.32. The number of amides is 1. The van der Waals surface area contributed by atoms with E-state index in [9.17, 15) is 23.5 Å². The minimum absolute atomic E-state index is 0.00572. The monoisotopic (exact) mass is 486 g/mol. The molecule has 0 unspecified atom stereocenters. The smallest absolute Gasteiger partial charge is 0.263 e. The lowest BCUT2D eigenvalue weighted by Gasteiger charge is -2.10. The van der Waals surface area contributed by atoms with Crippen LogP contribution in [0.15, 0.2) is 84.0 Å². The van der Waals surface area contributed by atoms with Gasteiger partial charge in [0, 0.05) is 29.9 Å². The van der Waals surface area contributed by atoms with Crippen LogP contribution in [-0.2, 0) is 13.1 Å². The zero-order valence-corrected chi connectivity index (χ0v) is 18.8. The molecule has 1 amide bonds. The van der Waals surface area contributed by atoms with E-state index in [-0.39, 0.29) is 24.4 Å². The summed E-state index contributed by atoms with van der Waals surface area (Å²) in [6, 6.07) is 15.5. The molecular weight excluding hydrogens is 466 g/mol. The summed E-state index contributed by atoms with van der Waals surface area (Å²) in [6.45, 7) is 0.171. The first-order valence-corrected chi connectivity index (χ1v) is 11.1. The number of fused-ring (bicyclic) bond motifs is 1. The number of hydrogen-bond acceptors (Lipinski definition) is 4. The van der Waals surface area contributed by atoms with E-state index in [1.54, 1.807) is 18.3 Å². The van der Waals surface area contributed by atoms with Crippen molar-refractivity contribution in [1.82, 2.24) is 19.9 Å². The van der Waals surface area contributed by atoms with Crippen LogP contribution in [0.3, 0.4) is 0 Å². The molecule has 3 N–H and O–H groups in total. The normalized spacial score (nSPS) is 11.1. The molecule has 0 aliphatic carbocycles. The molecular formula is C27H20F2N4O3. The summed E-state index contributed by atoms with van der Waals surface area (Å²) in [5.41, 5.74) is 2.96. The number of hydrogen-bond donors (Lipinski definition) is 3. The van der Waals surface area contributed by atoms with Gasteiger partial charge in [0.05, 0.1) is 12.7 Å². The van der Waals surface area contributed by atoms with Gasteiger partial charge in [0.15, 0.2) is 11.6 Å². The van der Waals surface area contributed by atoms with Crippen LogP contribution in [0.2, 0.25) is 0 Å². The zero-order chi connectivity index (χ0) is 25.2. The van der Waals surface area contributed by atoms with Crippen LogP contribution >= 0.6 is 0 Å². The molecule has 0 bridgehead atoms. The Hall–Kier alpha value is -4.79. The Labute approximate surface area is 203 Å². The van der Waals surface area contributed by atoms with Crippen LogP contribution in [0.5, 0.6) is 5.75 Å². The van der Waals surface area contributed by atoms with E-state index in [0.717, 1.165) is 34.2 Å². The number of halogens is 2. The first-order chi connectivity index (χ1) is 17.4. The second kappa shape index (κ2) is 9.46. The highest BCUT2D eigenvalue weighted by atomic mass is 19.2. The van der Waals surface area contributed by atoms with Crippen molar-refractivity contribution in [2.45, 2.75) is 13.1 Å². The molecule has 5 rings (SSSR count). The largest absolute Gasteiger partial charge is 0.506 e. The summed E-state index contributed by atoms with van der Waals surface area (Å²) < 4.78 is 28.0. The molecule has 7 nitrogen and oxygen atoms in total. The minimum Gasteiger partial charge on any atom is -0.506 e. The topological polar surface area (TPSA) is 100 Å². The number of benzene rings is 2. The van der Waals surface area contributed by atoms with Gasteiger partial charge in [-0.05, 0) is 53.1 Å². The Morgan fingerprint density at radius 2 is 1.89 bits per heavy atom. The van der Waals surface area contributed by atoms with Crippen LogP contribution in [0.25, 0.3) is 22.2 Å². The Bertz CT molecular complexity index is 1660. The Kier molecular flexibility index (Phi) is 6.03. The van der Waals surface area contributed by atoms with E-state index >= 15 is 0 Å². The quantitative estimate of drug-likeness (QED) is 0.332. The fraction of sp³-hybridized carbons (Fsp3) is 0.0741. The maximum Gasteiger partial charge on any atom is 0.263 e. The van der Waals surface area contributed by atoms with Gasteiger partial charge in [0.1, 0.15) is 17.0 Å². The van der Waals surface area contributed by atoms with Crippen molar-refractivity contribution in [3.05, 3.63) is 118 Å². The molecule has 3 aromatic heterocycles. The van der Waals surface area contributed by atoms with Gasteiger partial charge < -0.3 is 20.0 Å². The van der Waals surface area contributed by atoms with Gasteiger partial charge in [0.2, 0.25) is 0 Å². The molecule has 2 aromatic carbocycles. The summed E-state index contributed by atoms with van der Waals surface area (Å²) in [7, 11) is 0. The van der Waals surface area contributed by atoms with E-state index in [1.165, 1.54) is 29.1 Å². The SMILES string of the molecule is O=C(NCc1cccc(-c2c[nH]c3ncc(O)cc23)c1)c1cccn(Cc2ccc(F)c(F)c2)c1=O. The van der Waals surface area contributed by atoms with Crippen molar-refractivity contribution in [1.29, 1.82) is 0 Å². The fourth-order valence-electron chi connectivity index (χ4n) is 4.03. The van der Waals surface area contributed by atoms with Crippen molar-refractivity contribution in [2.75, 3.05) is 0 Å². The van der Waals surface area contributed by atoms with Gasteiger partial charge >= 0.3 is 0 Å². The third kappa shape index (κ3) is 4.58. The number of H-pyrrole nitrogens is 1. The minimum atomic E-state index is -1.00. The first-order valence-electron chi connectivity index (χ1n) is 11.1. The third-order valence-electron chi connectivity index (χ3n) is 5.81. The van der Waals surface area contributed by atoms with Crippen LogP contribution in [-0.4, -0.2) is 25.5 Å². The van der Waals surface area contributed by atoms with E-state index in [1.807, 2.05) is 24.3 Å². The molecule has 0 radical (unpaired) electrons. The first kappa shape index (κ1) is 23.0. The number of aromatic nitrogens is 3. The summed E-state index contributed by atoms with van der Waals surface area (Å²) >= 11 is 0. The Morgan fingerprint density at radius 3 is 2.72 bits per heavy atom. The number of pyridine rings is 2. The predicted octanol–water partition coefficient (Wildman–Crippen LogP) is 4.35. The summed E-state index contributed by atoms with van der Waals surface area (Å²) in [5.74, 6) is -2.46. The number of carbonyl (C=O) groups excluding carboxylic acids is 1. The van der Waals surface area contributed by atoms with Crippen molar-refractivity contribution < 1.29 is 18.7 Å². The van der Waals surface area contributed by atoms with E-state index in [0.29, 0.717) is 11.2 Å². The molecule has 0 spiro atoms. The molecule has 0 saturated heterocycles. The van der Waals surface area contributed by atoms with Gasteiger partial charge in [-0.3, -0.25) is 9.59 Å². The van der Waals surface area contributed by atoms with Crippen LogP contribution in [0, 0.1) is 11.6 Å². The van der Waals surface area contributed by atoms with Gasteiger partial charge in [-0.25, -0.2) is 13.8 Å². The molecule has 36 heavy (non-hydrogen) atoms. The molecule has 0 aliphatic heterocycles. The number of aromatic amines is 1. The average molecular weight is 486 g/mol. The molecule has 180 valence electrons. The molecule has 0 fully saturated rings. The van der Waals surface area contributed by atoms with Crippen molar-refractivity contribution in [2.24, 2.45) is 0 Å². The highest BCUT2D eigenvalue weighted by Gasteiger charge is 2.14. The molecule has 0 saturated carbocycles. The van der Waals surface area contributed by atoms with E-state index in [4.69, 9.17) is 0 Å². The average Bonchev–Trinajstić information content (AvgIpc) is 3.29. The predicted molar refractivity (Wildman–Crippen MR) is 131 cm³/mol. The Morgan fingerprint density at radius 1 is 1.03 bits per heavy atom. The van der Waals surface area contributed by atoms with E-state index in [2.05, 4.69) is 15.3 Å². The fourth-order valence-corrected chi connectivity index (χ4v) is 4.03. The number of nitrogens with zero attached hydrogens (tertiary/aromatic N) is 2. The van der Waals surface area contributed by atoms with Crippen LogP contribution in [0.4, 0.5) is 8.78 Å². The third-order valence-corrected chi connectivity index (χ3v) is 5.81. The molecule has 3 heterocycles. The molecule has 0 aliphatic rings. The summed E-state index contributed by atoms with van der Waals surface area (Å²) in [5, 5.41) is 13.3. The van der Waals surface area contributed by atoms with Gasteiger partial charge in [-0.15, -0.1) is 0 Å². The standard InChI is InChI=1S/C27H20F2N4O3/c28-23-7-6-17(10-24(23)29)15-33-8-2-5-20(27(33)36)26(35)32-12-16-3-1-4-18(9-16)22-14-31-25-21(22)11-19(34)13-30-25/h1-11,13-14,34H,12,15H2,(H,30,31)(H,32,35). The van der Waals surface area contributed by atoms with Crippen LogP contribution in [0.1, 0.15) is 21.5 Å². The highest BCUT2D eigenvalue weighted by Crippen LogP contribution is 2.30. The maximum absolute atomic E-state index is 13.5. The maximum atomic E-state index is 13.5. The number of aromatic hydroxyl groups is 1. The summed E-state index contributed by atoms with van der Waals surface area (Å²) in [4.78, 5) is 32.9. The van der Waals surface area contributed by atoms with Gasteiger partial charge in [0.25, 0.3) is 11.5 Å². The van der Waals surface area contributed by atoms with Crippen LogP contribution < -0.4 is 10.9 Å². The number of rotatable bonds is 6. The van der Waals surface area contributed by atoms with Crippen molar-refractivity contribution in [3.8, 4) is 16.9 Å². The second-order valence-electron chi connectivity index (χ2n) is 8.28. The van der Waals surface area contributed by atoms with Crippen molar-refractivity contribution in [3.63, 3.8) is 0 Å². The van der Waals surface area contributed by atoms with Crippen molar-refractivity contribution >= 4 is 16.9 Å². The second-order valence-corrected chi connectivity index (χ2v) is 8.28. The van der Waals surface area contributed by atoms with E-state index < -0.39 is 23.1 Å². The lowest BCUT2D eigenvalue weighted by molar-refractivity contribution is 0.0948. The molecule has 9 heteroatoms. The zero-order valence-electron chi connectivity index (χ0n) is 18.8. The van der Waals surface area contributed by atoms with Gasteiger partial charge in [-0.2, -0.15) is 0 Å². The molecule has 5 aromatic rings. The summed E-state index contributed by atoms with van der Waals surface area (Å²) in [6.07, 6.45) is 4.65. The molecule has 0 atom stereocenters. The van der Waals surface area contributed by atoms with Gasteiger partial charge in [-0.1, -0.05) is 24.3 Å². The number of carbonyl (C=O) groups is 1. The lowest BCUT2D eigenvalue weighted by Crippen LogP contribution is -2.32.